The summed E-state index contributed by atoms with van der Waals surface area (Å²) in [5.74, 6) is 0.514. The minimum Gasteiger partial charge on any atom is -0.438 e. The van der Waals surface area contributed by atoms with Crippen LogP contribution in [0.3, 0.4) is 0 Å². The highest BCUT2D eigenvalue weighted by Gasteiger charge is 2.41. The number of piperidine rings is 1. The third kappa shape index (κ3) is 5.89. The molecule has 37 heavy (non-hydrogen) atoms. The third-order valence-corrected chi connectivity index (χ3v) is 6.87. The molecule has 0 saturated carbocycles. The van der Waals surface area contributed by atoms with E-state index in [1.54, 1.807) is 6.07 Å². The molecule has 4 aromatic rings. The van der Waals surface area contributed by atoms with Crippen LogP contribution in [0, 0.1) is 0 Å². The number of carbonyl (C=O) groups is 2. The maximum Gasteiger partial charge on any atom is 0.413 e. The zero-order valence-electron chi connectivity index (χ0n) is 20.6. The van der Waals surface area contributed by atoms with Crippen LogP contribution in [0.1, 0.15) is 30.4 Å². The maximum atomic E-state index is 13.0. The number of ether oxygens (including phenoxy) is 1. The summed E-state index contributed by atoms with van der Waals surface area (Å²) in [4.78, 5) is 27.8. The SMILES string of the molecule is O=C(Nc1cc(-c2ccccc2)[nH]n1)OC1(c2ccccc2)CCN(C(=O)CCc2ccccc2)CC1. The van der Waals surface area contributed by atoms with Gasteiger partial charge in [0.1, 0.15) is 5.60 Å². The molecule has 5 rings (SSSR count). The molecule has 7 nitrogen and oxygen atoms in total. The van der Waals surface area contributed by atoms with Crippen molar-refractivity contribution in [2.24, 2.45) is 0 Å². The summed E-state index contributed by atoms with van der Waals surface area (Å²) in [6.45, 7) is 1.05. The van der Waals surface area contributed by atoms with E-state index in [0.29, 0.717) is 44.6 Å². The minimum absolute atomic E-state index is 0.125. The summed E-state index contributed by atoms with van der Waals surface area (Å²) in [5, 5.41) is 9.92. The molecule has 1 saturated heterocycles. The van der Waals surface area contributed by atoms with Gasteiger partial charge in [0, 0.05) is 38.4 Å². The van der Waals surface area contributed by atoms with Crippen LogP contribution in [-0.4, -0.2) is 40.2 Å². The van der Waals surface area contributed by atoms with Crippen molar-refractivity contribution in [2.45, 2.75) is 31.3 Å². The van der Waals surface area contributed by atoms with Crippen molar-refractivity contribution in [1.82, 2.24) is 15.1 Å². The van der Waals surface area contributed by atoms with Gasteiger partial charge < -0.3 is 9.64 Å². The van der Waals surface area contributed by atoms with E-state index in [1.807, 2.05) is 95.9 Å². The number of aryl methyl sites for hydroxylation is 1. The van der Waals surface area contributed by atoms with E-state index < -0.39 is 11.7 Å². The van der Waals surface area contributed by atoms with Crippen molar-refractivity contribution in [3.63, 3.8) is 0 Å². The molecule has 1 aliphatic rings. The number of likely N-dealkylation sites (tertiary alicyclic amines) is 1. The number of amides is 2. The molecule has 2 heterocycles. The lowest BCUT2D eigenvalue weighted by Gasteiger charge is -2.41. The first-order valence-electron chi connectivity index (χ1n) is 12.6. The Kier molecular flexibility index (Phi) is 7.31. The molecule has 0 bridgehead atoms. The molecule has 7 heteroatoms. The van der Waals surface area contributed by atoms with Crippen LogP contribution in [0.5, 0.6) is 0 Å². The normalized spacial score (nSPS) is 14.6. The molecule has 1 aliphatic heterocycles. The molecule has 0 aliphatic carbocycles. The van der Waals surface area contributed by atoms with Crippen molar-refractivity contribution < 1.29 is 14.3 Å². The molecule has 0 radical (unpaired) electrons. The number of nitrogens with one attached hydrogen (secondary N) is 2. The Bertz CT molecular complexity index is 1310. The fourth-order valence-electron chi connectivity index (χ4n) is 4.82. The average Bonchev–Trinajstić information content (AvgIpc) is 3.42. The predicted molar refractivity (Wildman–Crippen MR) is 143 cm³/mol. The highest BCUT2D eigenvalue weighted by molar-refractivity contribution is 5.84. The standard InChI is InChI=1S/C30H30N4O3/c35-28(17-16-23-10-4-1-5-11-23)34-20-18-30(19-21-34,25-14-8-3-9-15-25)37-29(36)31-27-22-26(32-33-27)24-12-6-2-7-13-24/h1-15,22H,16-21H2,(H2,31,32,33,36). The smallest absolute Gasteiger partial charge is 0.413 e. The molecular weight excluding hydrogens is 464 g/mol. The van der Waals surface area contributed by atoms with Crippen molar-refractivity contribution >= 4 is 17.8 Å². The molecule has 188 valence electrons. The van der Waals surface area contributed by atoms with Gasteiger partial charge >= 0.3 is 6.09 Å². The Balaban J connectivity index is 1.23. The number of aromatic amines is 1. The minimum atomic E-state index is -0.819. The Morgan fingerprint density at radius 1 is 0.892 bits per heavy atom. The van der Waals surface area contributed by atoms with Gasteiger partial charge in [-0.1, -0.05) is 91.0 Å². The van der Waals surface area contributed by atoms with Crippen molar-refractivity contribution in [3.8, 4) is 11.3 Å². The first-order chi connectivity index (χ1) is 18.1. The highest BCUT2D eigenvalue weighted by atomic mass is 16.6. The fraction of sp³-hybridized carbons (Fsp3) is 0.233. The van der Waals surface area contributed by atoms with Crippen molar-refractivity contribution in [2.75, 3.05) is 18.4 Å². The summed E-state index contributed by atoms with van der Waals surface area (Å²) < 4.78 is 6.10. The second kappa shape index (κ2) is 11.1. The number of hydrogen-bond acceptors (Lipinski definition) is 4. The van der Waals surface area contributed by atoms with E-state index in [-0.39, 0.29) is 5.91 Å². The number of carbonyl (C=O) groups excluding carboxylic acids is 2. The van der Waals surface area contributed by atoms with Gasteiger partial charge in [-0.15, -0.1) is 0 Å². The first-order valence-corrected chi connectivity index (χ1v) is 12.6. The second-order valence-electron chi connectivity index (χ2n) is 9.27. The van der Waals surface area contributed by atoms with Gasteiger partial charge in [-0.25, -0.2) is 4.79 Å². The average molecular weight is 495 g/mol. The van der Waals surface area contributed by atoms with Crippen LogP contribution in [0.15, 0.2) is 97.1 Å². The van der Waals surface area contributed by atoms with Crippen molar-refractivity contribution in [3.05, 3.63) is 108 Å². The van der Waals surface area contributed by atoms with E-state index in [1.165, 1.54) is 0 Å². The van der Waals surface area contributed by atoms with Crippen LogP contribution < -0.4 is 5.32 Å². The van der Waals surface area contributed by atoms with Crippen molar-refractivity contribution in [1.29, 1.82) is 0 Å². The van der Waals surface area contributed by atoms with Crippen LogP contribution >= 0.6 is 0 Å². The zero-order valence-corrected chi connectivity index (χ0v) is 20.6. The molecule has 0 spiro atoms. The zero-order chi connectivity index (χ0) is 25.5. The number of hydrogen-bond donors (Lipinski definition) is 2. The molecule has 2 N–H and O–H groups in total. The van der Waals surface area contributed by atoms with E-state index >= 15 is 0 Å². The quantitative estimate of drug-likeness (QED) is 0.341. The van der Waals surface area contributed by atoms with Crippen LogP contribution in [0.4, 0.5) is 10.6 Å². The lowest BCUT2D eigenvalue weighted by Crippen LogP contribution is -2.47. The van der Waals surface area contributed by atoms with Gasteiger partial charge in [-0.05, 0) is 23.1 Å². The Morgan fingerprint density at radius 3 is 2.19 bits per heavy atom. The number of benzene rings is 3. The molecule has 2 amide bonds. The Morgan fingerprint density at radius 2 is 1.51 bits per heavy atom. The van der Waals surface area contributed by atoms with Gasteiger partial charge in [0.15, 0.2) is 5.82 Å². The van der Waals surface area contributed by atoms with Crippen LogP contribution in [0.2, 0.25) is 0 Å². The third-order valence-electron chi connectivity index (χ3n) is 6.87. The van der Waals surface area contributed by atoms with Gasteiger partial charge in [0.25, 0.3) is 0 Å². The molecule has 1 fully saturated rings. The number of nitrogens with zero attached hydrogens (tertiary/aromatic N) is 2. The number of H-pyrrole nitrogens is 1. The topological polar surface area (TPSA) is 87.3 Å². The van der Waals surface area contributed by atoms with Crippen LogP contribution in [0.25, 0.3) is 11.3 Å². The van der Waals surface area contributed by atoms with Gasteiger partial charge in [0.2, 0.25) is 5.91 Å². The molecule has 0 atom stereocenters. The monoisotopic (exact) mass is 494 g/mol. The maximum absolute atomic E-state index is 13.0. The van der Waals surface area contributed by atoms with Gasteiger partial charge in [-0.2, -0.15) is 5.10 Å². The molecule has 3 aromatic carbocycles. The number of aromatic nitrogens is 2. The summed E-state index contributed by atoms with van der Waals surface area (Å²) in [6.07, 6.45) is 1.66. The highest BCUT2D eigenvalue weighted by Crippen LogP contribution is 2.37. The molecule has 0 unspecified atom stereocenters. The predicted octanol–water partition coefficient (Wildman–Crippen LogP) is 5.78. The Hall–Kier alpha value is -4.39. The first kappa shape index (κ1) is 24.3. The van der Waals surface area contributed by atoms with E-state index in [0.717, 1.165) is 22.4 Å². The largest absolute Gasteiger partial charge is 0.438 e. The van der Waals surface area contributed by atoms with E-state index in [9.17, 15) is 9.59 Å². The van der Waals surface area contributed by atoms with Crippen LogP contribution in [-0.2, 0) is 21.6 Å². The number of anilines is 1. The molecular formula is C30H30N4O3. The van der Waals surface area contributed by atoms with Gasteiger partial charge in [-0.3, -0.25) is 15.2 Å². The van der Waals surface area contributed by atoms with E-state index in [2.05, 4.69) is 15.5 Å². The Labute approximate surface area is 216 Å². The lowest BCUT2D eigenvalue weighted by atomic mass is 9.84. The summed E-state index contributed by atoms with van der Waals surface area (Å²) in [5.41, 5.74) is 3.03. The lowest BCUT2D eigenvalue weighted by molar-refractivity contribution is -0.135. The summed E-state index contributed by atoms with van der Waals surface area (Å²) in [6, 6.07) is 31.3. The summed E-state index contributed by atoms with van der Waals surface area (Å²) >= 11 is 0. The fourth-order valence-corrected chi connectivity index (χ4v) is 4.82. The van der Waals surface area contributed by atoms with E-state index in [4.69, 9.17) is 4.74 Å². The second-order valence-corrected chi connectivity index (χ2v) is 9.27. The molecule has 1 aromatic heterocycles. The number of rotatable bonds is 7. The summed E-state index contributed by atoms with van der Waals surface area (Å²) in [7, 11) is 0. The van der Waals surface area contributed by atoms with Gasteiger partial charge in [0.05, 0.1) is 5.69 Å².